The fourth-order valence-corrected chi connectivity index (χ4v) is 5.39. The van der Waals surface area contributed by atoms with Gasteiger partial charge in [0.1, 0.15) is 29.2 Å². The smallest absolute Gasteiger partial charge is 0.412 e. The molecule has 3 amide bonds. The highest BCUT2D eigenvalue weighted by atomic mass is 31.2. The van der Waals surface area contributed by atoms with E-state index in [1.807, 2.05) is 6.07 Å². The Kier molecular flexibility index (Phi) is 9.55. The minimum Gasteiger partial charge on any atom is -0.443 e. The zero-order valence-electron chi connectivity index (χ0n) is 22.9. The van der Waals surface area contributed by atoms with E-state index in [2.05, 4.69) is 20.9 Å². The molecule has 0 spiro atoms. The van der Waals surface area contributed by atoms with E-state index >= 15 is 4.39 Å². The third-order valence-corrected chi connectivity index (χ3v) is 8.03. The minimum atomic E-state index is -3.11. The van der Waals surface area contributed by atoms with Crippen molar-refractivity contribution >= 4 is 31.1 Å². The predicted molar refractivity (Wildman–Crippen MR) is 153 cm³/mol. The second-order valence-corrected chi connectivity index (χ2v) is 12.3. The molecule has 11 nitrogen and oxygen atoms in total. The highest BCUT2D eigenvalue weighted by molar-refractivity contribution is 7.58. The van der Waals surface area contributed by atoms with Gasteiger partial charge in [0.2, 0.25) is 7.37 Å². The molecule has 3 N–H and O–H groups in total. The predicted octanol–water partition coefficient (Wildman–Crippen LogP) is 5.44. The van der Waals surface area contributed by atoms with Gasteiger partial charge in [-0.05, 0) is 42.8 Å². The first-order chi connectivity index (χ1) is 20.1. The van der Waals surface area contributed by atoms with Gasteiger partial charge in [0.05, 0.1) is 17.3 Å². The number of ketones is 1. The molecule has 2 aromatic carbocycles. The minimum absolute atomic E-state index is 0.000165. The molecule has 3 aromatic rings. The number of urea groups is 1. The van der Waals surface area contributed by atoms with Crippen LogP contribution in [0.5, 0.6) is 11.5 Å². The van der Waals surface area contributed by atoms with Crippen LogP contribution in [0.1, 0.15) is 47.2 Å². The van der Waals surface area contributed by atoms with Crippen LogP contribution in [0.4, 0.5) is 19.8 Å². The Morgan fingerprint density at radius 2 is 1.90 bits per heavy atom. The van der Waals surface area contributed by atoms with Crippen LogP contribution in [0.25, 0.3) is 0 Å². The first-order valence-electron chi connectivity index (χ1n) is 13.2. The summed E-state index contributed by atoms with van der Waals surface area (Å²) in [7, 11) is -3.11. The van der Waals surface area contributed by atoms with Crippen LogP contribution < -0.4 is 25.2 Å². The third-order valence-electron chi connectivity index (χ3n) is 6.40. The van der Waals surface area contributed by atoms with Crippen molar-refractivity contribution in [1.29, 1.82) is 5.26 Å². The Bertz CT molecular complexity index is 1560. The van der Waals surface area contributed by atoms with Crippen molar-refractivity contribution in [3.8, 4) is 17.6 Å². The van der Waals surface area contributed by atoms with Crippen molar-refractivity contribution in [3.63, 3.8) is 0 Å². The monoisotopic (exact) mass is 593 g/mol. The maximum Gasteiger partial charge on any atom is 0.412 e. The lowest BCUT2D eigenvalue weighted by Crippen LogP contribution is -2.32. The van der Waals surface area contributed by atoms with Crippen LogP contribution in [-0.4, -0.2) is 48.3 Å². The second-order valence-electron chi connectivity index (χ2n) is 9.66. The molecule has 0 aliphatic heterocycles. The molecule has 0 saturated heterocycles. The summed E-state index contributed by atoms with van der Waals surface area (Å²) in [5.74, 6) is -1.17. The number of nitriles is 1. The van der Waals surface area contributed by atoms with Gasteiger partial charge in [-0.3, -0.25) is 14.7 Å². The summed E-state index contributed by atoms with van der Waals surface area (Å²) in [6, 6.07) is 14.8. The van der Waals surface area contributed by atoms with Gasteiger partial charge in [-0.2, -0.15) is 5.26 Å². The number of ether oxygens (including phenoxy) is 1. The van der Waals surface area contributed by atoms with E-state index in [9.17, 15) is 18.9 Å². The maximum absolute atomic E-state index is 15.1. The zero-order valence-corrected chi connectivity index (χ0v) is 23.8. The number of amides is 3. The Morgan fingerprint density at radius 1 is 1.14 bits per heavy atom. The number of carbonyl (C=O) groups excluding carboxylic acids is 3. The summed E-state index contributed by atoms with van der Waals surface area (Å²) in [4.78, 5) is 41.8. The summed E-state index contributed by atoms with van der Waals surface area (Å²) in [6.07, 6.45) is 0.784. The van der Waals surface area contributed by atoms with Gasteiger partial charge in [-0.1, -0.05) is 25.1 Å². The van der Waals surface area contributed by atoms with Crippen LogP contribution in [0.15, 0.2) is 60.8 Å². The molecule has 1 unspecified atom stereocenters. The average molecular weight is 594 g/mol. The fraction of sp³-hybridized carbons (Fsp3) is 0.276. The summed E-state index contributed by atoms with van der Waals surface area (Å²) < 4.78 is 39.0. The molecule has 218 valence electrons. The molecule has 3 atom stereocenters. The molecule has 0 radical (unpaired) electrons. The highest BCUT2D eigenvalue weighted by Gasteiger charge is 2.44. The molecule has 4 rings (SSSR count). The second kappa shape index (κ2) is 13.3. The number of Topliss-reactive ketones (excluding diaryl/α,β-unsaturated/α-hetero) is 1. The van der Waals surface area contributed by atoms with Gasteiger partial charge in [-0.25, -0.2) is 19.0 Å². The van der Waals surface area contributed by atoms with Crippen molar-refractivity contribution in [2.24, 2.45) is 0 Å². The number of carbonyl (C=O) groups is 3. The number of hydrogen-bond donors (Lipinski definition) is 3. The lowest BCUT2D eigenvalue weighted by Gasteiger charge is -2.17. The molecule has 0 bridgehead atoms. The summed E-state index contributed by atoms with van der Waals surface area (Å²) in [5, 5.41) is 16.6. The Balaban J connectivity index is 1.41. The number of aromatic nitrogens is 1. The molecular formula is C29H29FN5O6P. The van der Waals surface area contributed by atoms with E-state index < -0.39 is 37.3 Å². The first-order valence-corrected chi connectivity index (χ1v) is 15.4. The van der Waals surface area contributed by atoms with E-state index in [0.29, 0.717) is 17.7 Å². The van der Waals surface area contributed by atoms with Crippen molar-refractivity contribution in [1.82, 2.24) is 15.6 Å². The van der Waals surface area contributed by atoms with Crippen LogP contribution >= 0.6 is 7.37 Å². The number of para-hydroxylation sites is 1. The summed E-state index contributed by atoms with van der Waals surface area (Å²) in [6.45, 7) is 3.02. The van der Waals surface area contributed by atoms with E-state index in [1.165, 1.54) is 31.1 Å². The van der Waals surface area contributed by atoms with Crippen LogP contribution in [0.3, 0.4) is 0 Å². The van der Waals surface area contributed by atoms with Crippen molar-refractivity contribution in [3.05, 3.63) is 83.3 Å². The van der Waals surface area contributed by atoms with Crippen LogP contribution in [0, 0.1) is 17.1 Å². The zero-order chi connectivity index (χ0) is 30.3. The number of halogens is 1. The molecule has 1 saturated carbocycles. The number of rotatable bonds is 11. The van der Waals surface area contributed by atoms with Gasteiger partial charge in [-0.15, -0.1) is 0 Å². The molecule has 1 heterocycles. The van der Waals surface area contributed by atoms with Crippen molar-refractivity contribution in [2.45, 2.75) is 31.7 Å². The summed E-state index contributed by atoms with van der Waals surface area (Å²) >= 11 is 0. The van der Waals surface area contributed by atoms with Crippen molar-refractivity contribution < 1.29 is 32.6 Å². The van der Waals surface area contributed by atoms with E-state index in [-0.39, 0.29) is 47.6 Å². The molecule has 42 heavy (non-hydrogen) atoms. The van der Waals surface area contributed by atoms with Crippen molar-refractivity contribution in [2.75, 3.05) is 24.7 Å². The number of anilines is 1. The third kappa shape index (κ3) is 7.92. The number of pyridine rings is 1. The highest BCUT2D eigenvalue weighted by Crippen LogP contribution is 2.47. The van der Waals surface area contributed by atoms with Gasteiger partial charge >= 0.3 is 12.1 Å². The molecule has 1 aromatic heterocycles. The Hall–Kier alpha value is -4.75. The first kappa shape index (κ1) is 30.2. The lowest BCUT2D eigenvalue weighted by molar-refractivity contribution is 0.0985. The van der Waals surface area contributed by atoms with E-state index in [4.69, 9.17) is 14.5 Å². The van der Waals surface area contributed by atoms with Gasteiger partial charge in [0.15, 0.2) is 5.78 Å². The molecule has 1 fully saturated rings. The standard InChI is InChI=1S/C29H29FN5O6P/c1-3-24(36)20-10-11-22(30)26(21-15-23(21)34-28(37)35-25-12-9-18(16-31)17-33-25)27(20)40-29(38)32-13-14-42(2,39)41-19-7-5-4-6-8-19/h4-12,17,21,23H,3,13-15H2,1-2H3,(H,32,38)(H2,33,34,35,37)/t21-,23+,42?/m1/s1. The van der Waals surface area contributed by atoms with Gasteiger partial charge in [0, 0.05) is 43.4 Å². The van der Waals surface area contributed by atoms with E-state index in [1.54, 1.807) is 37.3 Å². The lowest BCUT2D eigenvalue weighted by atomic mass is 10.00. The topological polar surface area (TPSA) is 160 Å². The quantitative estimate of drug-likeness (QED) is 0.196. The average Bonchev–Trinajstić information content (AvgIpc) is 3.71. The molecule has 1 aliphatic rings. The van der Waals surface area contributed by atoms with Crippen LogP contribution in [-0.2, 0) is 4.57 Å². The van der Waals surface area contributed by atoms with Gasteiger partial charge < -0.3 is 19.9 Å². The Morgan fingerprint density at radius 3 is 2.57 bits per heavy atom. The van der Waals surface area contributed by atoms with Crippen LogP contribution in [0.2, 0.25) is 0 Å². The molecule has 1 aliphatic carbocycles. The molecule has 13 heteroatoms. The SMILES string of the molecule is CCC(=O)c1ccc(F)c([C@@H]2C[C@@H]2NC(=O)Nc2ccc(C#N)cn2)c1OC(=O)NCCP(C)(=O)Oc1ccccc1. The Labute approximate surface area is 241 Å². The van der Waals surface area contributed by atoms with Gasteiger partial charge in [0.25, 0.3) is 0 Å². The maximum atomic E-state index is 15.1. The number of nitrogens with zero attached hydrogens (tertiary/aromatic N) is 2. The normalized spacial score (nSPS) is 16.7. The number of nitrogens with one attached hydrogen (secondary N) is 3. The summed E-state index contributed by atoms with van der Waals surface area (Å²) in [5.41, 5.74) is 0.371. The largest absolute Gasteiger partial charge is 0.443 e. The number of benzene rings is 2. The number of hydrogen-bond acceptors (Lipinski definition) is 8. The fourth-order valence-electron chi connectivity index (χ4n) is 4.21. The van der Waals surface area contributed by atoms with E-state index in [0.717, 1.165) is 6.07 Å². The molecular weight excluding hydrogens is 564 g/mol.